The molecule has 0 spiro atoms. The molecule has 0 fully saturated rings. The third kappa shape index (κ3) is 3.56. The first-order valence-corrected chi connectivity index (χ1v) is 7.55. The van der Waals surface area contributed by atoms with Gasteiger partial charge in [-0.25, -0.2) is 0 Å². The van der Waals surface area contributed by atoms with Gasteiger partial charge >= 0.3 is 0 Å². The van der Waals surface area contributed by atoms with Crippen LogP contribution in [0.4, 0.5) is 0 Å². The number of methoxy groups -OCH3 is 1. The van der Waals surface area contributed by atoms with Crippen molar-refractivity contribution in [2.45, 2.75) is 12.5 Å². The Labute approximate surface area is 135 Å². The minimum atomic E-state index is -0.169. The van der Waals surface area contributed by atoms with Crippen LogP contribution in [0.5, 0.6) is 17.2 Å². The zero-order chi connectivity index (χ0) is 16.1. The van der Waals surface area contributed by atoms with E-state index in [1.807, 2.05) is 36.4 Å². The molecule has 1 atom stereocenters. The maximum Gasteiger partial charge on any atom is 0.258 e. The normalized spacial score (nSPS) is 16.0. The van der Waals surface area contributed by atoms with E-state index in [1.54, 1.807) is 19.2 Å². The predicted octanol–water partition coefficient (Wildman–Crippen LogP) is 2.71. The summed E-state index contributed by atoms with van der Waals surface area (Å²) in [5.41, 5.74) is 1.00. The zero-order valence-electron chi connectivity index (χ0n) is 13.0. The number of nitrogens with one attached hydrogen (secondary N) is 1. The first-order valence-electron chi connectivity index (χ1n) is 7.55. The average molecular weight is 313 g/mol. The molecule has 0 bridgehead atoms. The number of carbonyl (C=O) groups excluding carboxylic acids is 1. The predicted molar refractivity (Wildman–Crippen MR) is 85.9 cm³/mol. The number of hydrogen-bond acceptors (Lipinski definition) is 4. The summed E-state index contributed by atoms with van der Waals surface area (Å²) in [4.78, 5) is 12.2. The summed E-state index contributed by atoms with van der Waals surface area (Å²) in [5.74, 6) is 1.82. The number of rotatable bonds is 5. The van der Waals surface area contributed by atoms with Crippen LogP contribution in [0.25, 0.3) is 0 Å². The second-order valence-corrected chi connectivity index (χ2v) is 5.23. The van der Waals surface area contributed by atoms with E-state index in [4.69, 9.17) is 14.2 Å². The summed E-state index contributed by atoms with van der Waals surface area (Å²) < 4.78 is 16.3. The zero-order valence-corrected chi connectivity index (χ0v) is 13.0. The Kier molecular flexibility index (Phi) is 4.66. The molecule has 1 heterocycles. The summed E-state index contributed by atoms with van der Waals surface area (Å²) in [6.45, 7) is 0.537. The number of amides is 1. The van der Waals surface area contributed by atoms with E-state index in [0.29, 0.717) is 18.1 Å². The van der Waals surface area contributed by atoms with Gasteiger partial charge in [0.2, 0.25) is 0 Å². The third-order valence-corrected chi connectivity index (χ3v) is 3.72. The molecule has 23 heavy (non-hydrogen) atoms. The van der Waals surface area contributed by atoms with Gasteiger partial charge in [0.25, 0.3) is 5.91 Å². The first kappa shape index (κ1) is 15.2. The number of para-hydroxylation sites is 3. The van der Waals surface area contributed by atoms with E-state index in [-0.39, 0.29) is 18.6 Å². The van der Waals surface area contributed by atoms with Crippen LogP contribution in [-0.2, 0) is 4.79 Å². The van der Waals surface area contributed by atoms with Gasteiger partial charge in [-0.15, -0.1) is 0 Å². The Balaban J connectivity index is 1.60. The van der Waals surface area contributed by atoms with Crippen LogP contribution < -0.4 is 19.5 Å². The summed E-state index contributed by atoms with van der Waals surface area (Å²) in [6, 6.07) is 15.0. The number of ether oxygens (including phenoxy) is 3. The van der Waals surface area contributed by atoms with Gasteiger partial charge in [0, 0.05) is 12.0 Å². The van der Waals surface area contributed by atoms with Gasteiger partial charge in [-0.1, -0.05) is 30.3 Å². The molecule has 1 aliphatic heterocycles. The fourth-order valence-electron chi connectivity index (χ4n) is 2.61. The Hall–Kier alpha value is -2.69. The monoisotopic (exact) mass is 313 g/mol. The van der Waals surface area contributed by atoms with Crippen molar-refractivity contribution in [2.75, 3.05) is 20.3 Å². The molecule has 0 saturated heterocycles. The van der Waals surface area contributed by atoms with Crippen LogP contribution in [-0.4, -0.2) is 26.2 Å². The van der Waals surface area contributed by atoms with Crippen molar-refractivity contribution in [2.24, 2.45) is 0 Å². The largest absolute Gasteiger partial charge is 0.493 e. The number of fused-ring (bicyclic) bond motifs is 1. The van der Waals surface area contributed by atoms with E-state index >= 15 is 0 Å². The maximum absolute atomic E-state index is 12.2. The van der Waals surface area contributed by atoms with Gasteiger partial charge in [-0.05, 0) is 18.2 Å². The molecule has 0 unspecified atom stereocenters. The van der Waals surface area contributed by atoms with E-state index in [9.17, 15) is 4.79 Å². The van der Waals surface area contributed by atoms with Crippen molar-refractivity contribution in [1.82, 2.24) is 5.32 Å². The quantitative estimate of drug-likeness (QED) is 0.922. The van der Waals surface area contributed by atoms with Crippen LogP contribution in [0.3, 0.4) is 0 Å². The minimum Gasteiger partial charge on any atom is -0.493 e. The molecule has 0 saturated carbocycles. The standard InChI is InChI=1S/C18H19NO4/c1-21-16-8-4-5-9-17(16)23-12-18(20)19-14-10-11-22-15-7-3-2-6-13(14)15/h2-9,14H,10-12H2,1H3,(H,19,20)/t14-/m1/s1. The SMILES string of the molecule is COc1ccccc1OCC(=O)N[C@@H]1CCOc2ccccc21. The fourth-order valence-corrected chi connectivity index (χ4v) is 2.61. The van der Waals surface area contributed by atoms with Crippen LogP contribution in [0.1, 0.15) is 18.0 Å². The lowest BCUT2D eigenvalue weighted by Gasteiger charge is -2.26. The van der Waals surface area contributed by atoms with E-state index in [1.165, 1.54) is 0 Å². The van der Waals surface area contributed by atoms with Crippen molar-refractivity contribution < 1.29 is 19.0 Å². The highest BCUT2D eigenvalue weighted by molar-refractivity contribution is 5.78. The van der Waals surface area contributed by atoms with Crippen molar-refractivity contribution in [3.05, 3.63) is 54.1 Å². The Morgan fingerprint density at radius 2 is 1.91 bits per heavy atom. The van der Waals surface area contributed by atoms with Gasteiger partial charge in [0.1, 0.15) is 5.75 Å². The molecule has 1 N–H and O–H groups in total. The molecule has 1 aliphatic rings. The van der Waals surface area contributed by atoms with Crippen LogP contribution in [0, 0.1) is 0 Å². The summed E-state index contributed by atoms with van der Waals surface area (Å²) >= 11 is 0. The molecule has 5 heteroatoms. The Bertz CT molecular complexity index is 686. The summed E-state index contributed by atoms with van der Waals surface area (Å²) in [5, 5.41) is 3.00. The number of benzene rings is 2. The summed E-state index contributed by atoms with van der Waals surface area (Å²) in [6.07, 6.45) is 0.747. The van der Waals surface area contributed by atoms with Crippen molar-refractivity contribution in [1.29, 1.82) is 0 Å². The molecular formula is C18H19NO4. The smallest absolute Gasteiger partial charge is 0.258 e. The van der Waals surface area contributed by atoms with Crippen LogP contribution in [0.15, 0.2) is 48.5 Å². The molecule has 1 amide bonds. The average Bonchev–Trinajstić information content (AvgIpc) is 2.60. The highest BCUT2D eigenvalue weighted by Gasteiger charge is 2.22. The van der Waals surface area contributed by atoms with Crippen molar-refractivity contribution in [3.8, 4) is 17.2 Å². The highest BCUT2D eigenvalue weighted by atomic mass is 16.5. The molecule has 120 valence electrons. The van der Waals surface area contributed by atoms with E-state index < -0.39 is 0 Å². The second-order valence-electron chi connectivity index (χ2n) is 5.23. The minimum absolute atomic E-state index is 0.0475. The highest BCUT2D eigenvalue weighted by Crippen LogP contribution is 2.31. The molecular weight excluding hydrogens is 294 g/mol. The van der Waals surface area contributed by atoms with Crippen molar-refractivity contribution in [3.63, 3.8) is 0 Å². The molecule has 0 radical (unpaired) electrons. The first-order chi connectivity index (χ1) is 11.3. The summed E-state index contributed by atoms with van der Waals surface area (Å²) in [7, 11) is 1.57. The Morgan fingerprint density at radius 3 is 2.74 bits per heavy atom. The van der Waals surface area contributed by atoms with E-state index in [2.05, 4.69) is 5.32 Å². The van der Waals surface area contributed by atoms with Gasteiger partial charge in [-0.3, -0.25) is 4.79 Å². The molecule has 0 aromatic heterocycles. The number of hydrogen-bond donors (Lipinski definition) is 1. The molecule has 2 aromatic carbocycles. The lowest BCUT2D eigenvalue weighted by Crippen LogP contribution is -2.35. The number of carbonyl (C=O) groups is 1. The van der Waals surface area contributed by atoms with Crippen LogP contribution in [0.2, 0.25) is 0 Å². The van der Waals surface area contributed by atoms with Crippen LogP contribution >= 0.6 is 0 Å². The molecule has 3 rings (SSSR count). The van der Waals surface area contributed by atoms with Gasteiger partial charge < -0.3 is 19.5 Å². The maximum atomic E-state index is 12.2. The topological polar surface area (TPSA) is 56.8 Å². The molecule has 5 nitrogen and oxygen atoms in total. The third-order valence-electron chi connectivity index (χ3n) is 3.72. The van der Waals surface area contributed by atoms with Gasteiger partial charge in [0.15, 0.2) is 18.1 Å². The fraction of sp³-hybridized carbons (Fsp3) is 0.278. The van der Waals surface area contributed by atoms with E-state index in [0.717, 1.165) is 17.7 Å². The van der Waals surface area contributed by atoms with Gasteiger partial charge in [-0.2, -0.15) is 0 Å². The van der Waals surface area contributed by atoms with Gasteiger partial charge in [0.05, 0.1) is 19.8 Å². The Morgan fingerprint density at radius 1 is 1.17 bits per heavy atom. The second kappa shape index (κ2) is 7.05. The lowest BCUT2D eigenvalue weighted by atomic mass is 10.0. The molecule has 2 aromatic rings. The lowest BCUT2D eigenvalue weighted by molar-refractivity contribution is -0.124. The van der Waals surface area contributed by atoms with Crippen molar-refractivity contribution >= 4 is 5.91 Å². The molecule has 0 aliphatic carbocycles.